The molecule has 0 fully saturated rings. The molecule has 0 radical (unpaired) electrons. The highest BCUT2D eigenvalue weighted by atomic mass is 79.9. The first-order valence-corrected chi connectivity index (χ1v) is 6.87. The van der Waals surface area contributed by atoms with Crippen LogP contribution in [0.4, 0.5) is 10.1 Å². The second-order valence-corrected chi connectivity index (χ2v) is 5.37. The van der Waals surface area contributed by atoms with E-state index in [4.69, 9.17) is 5.73 Å². The Kier molecular flexibility index (Phi) is 4.56. The Bertz CT molecular complexity index is 572. The smallest absolute Gasteiger partial charge is 0.126 e. The van der Waals surface area contributed by atoms with Crippen LogP contribution >= 0.6 is 15.9 Å². The van der Waals surface area contributed by atoms with Gasteiger partial charge in [-0.3, -0.25) is 0 Å². The molecule has 19 heavy (non-hydrogen) atoms. The third kappa shape index (κ3) is 3.55. The van der Waals surface area contributed by atoms with E-state index in [1.165, 1.54) is 6.07 Å². The molecule has 0 aromatic heterocycles. The van der Waals surface area contributed by atoms with Crippen LogP contribution in [0, 0.1) is 12.7 Å². The summed E-state index contributed by atoms with van der Waals surface area (Å²) in [6.07, 6.45) is 0. The summed E-state index contributed by atoms with van der Waals surface area (Å²) in [4.78, 5) is 0. The minimum atomic E-state index is -0.202. The number of hydrogen-bond acceptors (Lipinski definition) is 2. The van der Waals surface area contributed by atoms with Gasteiger partial charge < -0.3 is 11.1 Å². The molecule has 0 spiro atoms. The van der Waals surface area contributed by atoms with E-state index < -0.39 is 0 Å². The molecule has 100 valence electrons. The van der Waals surface area contributed by atoms with Crippen LogP contribution in [0.25, 0.3) is 0 Å². The van der Waals surface area contributed by atoms with Crippen molar-refractivity contribution in [2.45, 2.75) is 13.0 Å². The summed E-state index contributed by atoms with van der Waals surface area (Å²) < 4.78 is 14.6. The lowest BCUT2D eigenvalue weighted by Crippen LogP contribution is -2.20. The Balaban J connectivity index is 2.22. The van der Waals surface area contributed by atoms with Crippen molar-refractivity contribution in [3.8, 4) is 0 Å². The third-order valence-corrected chi connectivity index (χ3v) is 3.49. The summed E-state index contributed by atoms with van der Waals surface area (Å²) in [5.41, 5.74) is 8.23. The van der Waals surface area contributed by atoms with Crippen molar-refractivity contribution in [1.29, 1.82) is 0 Å². The van der Waals surface area contributed by atoms with Crippen molar-refractivity contribution in [2.75, 3.05) is 11.9 Å². The Hall–Kier alpha value is -1.39. The molecule has 0 saturated heterocycles. The van der Waals surface area contributed by atoms with Gasteiger partial charge in [0, 0.05) is 16.7 Å². The standard InChI is InChI=1S/C15H16BrFN2/c1-10-5-6-11(7-14(10)17)15(9-18)19-13-4-2-3-12(16)8-13/h2-8,15,19H,9,18H2,1H3. The predicted octanol–water partition coefficient (Wildman–Crippen LogP) is 4.01. The van der Waals surface area contributed by atoms with Crippen molar-refractivity contribution in [2.24, 2.45) is 5.73 Å². The highest BCUT2D eigenvalue weighted by Crippen LogP contribution is 2.23. The minimum absolute atomic E-state index is 0.107. The Labute approximate surface area is 121 Å². The van der Waals surface area contributed by atoms with E-state index in [0.717, 1.165) is 15.7 Å². The lowest BCUT2D eigenvalue weighted by molar-refractivity contribution is 0.613. The number of hydrogen-bond donors (Lipinski definition) is 2. The van der Waals surface area contributed by atoms with Crippen molar-refractivity contribution >= 4 is 21.6 Å². The number of rotatable bonds is 4. The van der Waals surface area contributed by atoms with E-state index in [2.05, 4.69) is 21.2 Å². The van der Waals surface area contributed by atoms with Crippen molar-refractivity contribution in [3.05, 3.63) is 63.9 Å². The maximum atomic E-state index is 13.6. The number of nitrogens with two attached hydrogens (primary N) is 1. The van der Waals surface area contributed by atoms with Gasteiger partial charge in [-0.1, -0.05) is 34.1 Å². The van der Waals surface area contributed by atoms with Gasteiger partial charge in [0.2, 0.25) is 0 Å². The molecule has 0 amide bonds. The van der Waals surface area contributed by atoms with E-state index in [9.17, 15) is 4.39 Å². The summed E-state index contributed by atoms with van der Waals surface area (Å²) in [6.45, 7) is 2.15. The zero-order valence-electron chi connectivity index (χ0n) is 10.7. The first-order valence-electron chi connectivity index (χ1n) is 6.08. The van der Waals surface area contributed by atoms with Gasteiger partial charge in [-0.2, -0.15) is 0 Å². The summed E-state index contributed by atoms with van der Waals surface area (Å²) >= 11 is 3.42. The zero-order chi connectivity index (χ0) is 13.8. The van der Waals surface area contributed by atoms with E-state index in [1.54, 1.807) is 13.0 Å². The maximum absolute atomic E-state index is 13.6. The number of benzene rings is 2. The molecule has 0 saturated carbocycles. The zero-order valence-corrected chi connectivity index (χ0v) is 12.2. The van der Waals surface area contributed by atoms with Crippen LogP contribution < -0.4 is 11.1 Å². The second kappa shape index (κ2) is 6.17. The van der Waals surface area contributed by atoms with Gasteiger partial charge in [0.15, 0.2) is 0 Å². The summed E-state index contributed by atoms with van der Waals surface area (Å²) in [5, 5.41) is 3.31. The second-order valence-electron chi connectivity index (χ2n) is 4.45. The van der Waals surface area contributed by atoms with E-state index in [-0.39, 0.29) is 11.9 Å². The largest absolute Gasteiger partial charge is 0.377 e. The van der Waals surface area contributed by atoms with Crippen LogP contribution in [0.5, 0.6) is 0 Å². The summed E-state index contributed by atoms with van der Waals surface area (Å²) in [7, 11) is 0. The molecule has 0 bridgehead atoms. The highest BCUT2D eigenvalue weighted by molar-refractivity contribution is 9.10. The van der Waals surface area contributed by atoms with Crippen LogP contribution in [0.1, 0.15) is 17.2 Å². The molecule has 3 N–H and O–H groups in total. The van der Waals surface area contributed by atoms with Crippen molar-refractivity contribution < 1.29 is 4.39 Å². The topological polar surface area (TPSA) is 38.0 Å². The molecule has 0 heterocycles. The molecule has 2 aromatic rings. The normalized spacial score (nSPS) is 12.2. The lowest BCUT2D eigenvalue weighted by atomic mass is 10.0. The van der Waals surface area contributed by atoms with Crippen LogP contribution in [0.2, 0.25) is 0 Å². The molecule has 1 atom stereocenters. The number of halogens is 2. The molecular weight excluding hydrogens is 307 g/mol. The third-order valence-electron chi connectivity index (χ3n) is 3.00. The number of aryl methyl sites for hydroxylation is 1. The summed E-state index contributed by atoms with van der Waals surface area (Å²) in [5.74, 6) is -0.202. The van der Waals surface area contributed by atoms with Gasteiger partial charge in [0.1, 0.15) is 5.82 Å². The first-order chi connectivity index (χ1) is 9.10. The monoisotopic (exact) mass is 322 g/mol. The van der Waals surface area contributed by atoms with Gasteiger partial charge in [-0.05, 0) is 42.3 Å². The average Bonchev–Trinajstić information content (AvgIpc) is 2.39. The van der Waals surface area contributed by atoms with Gasteiger partial charge >= 0.3 is 0 Å². The number of nitrogens with one attached hydrogen (secondary N) is 1. The average molecular weight is 323 g/mol. The van der Waals surface area contributed by atoms with E-state index in [0.29, 0.717) is 12.1 Å². The molecule has 2 nitrogen and oxygen atoms in total. The molecule has 1 unspecified atom stereocenters. The van der Waals surface area contributed by atoms with Gasteiger partial charge in [0.05, 0.1) is 6.04 Å². The van der Waals surface area contributed by atoms with Gasteiger partial charge in [0.25, 0.3) is 0 Å². The number of anilines is 1. The van der Waals surface area contributed by atoms with Gasteiger partial charge in [-0.15, -0.1) is 0 Å². The molecule has 0 aliphatic carbocycles. The molecule has 0 aliphatic rings. The molecule has 0 aliphatic heterocycles. The van der Waals surface area contributed by atoms with Gasteiger partial charge in [-0.25, -0.2) is 4.39 Å². The van der Waals surface area contributed by atoms with E-state index in [1.807, 2.05) is 30.3 Å². The molecular formula is C15H16BrFN2. The van der Waals surface area contributed by atoms with Crippen molar-refractivity contribution in [1.82, 2.24) is 0 Å². The minimum Gasteiger partial charge on any atom is -0.377 e. The van der Waals surface area contributed by atoms with E-state index >= 15 is 0 Å². The SMILES string of the molecule is Cc1ccc(C(CN)Nc2cccc(Br)c2)cc1F. The molecule has 2 rings (SSSR count). The molecule has 2 aromatic carbocycles. The van der Waals surface area contributed by atoms with Crippen LogP contribution in [-0.2, 0) is 0 Å². The Morgan fingerprint density at radius 2 is 2.05 bits per heavy atom. The van der Waals surface area contributed by atoms with Crippen LogP contribution in [-0.4, -0.2) is 6.54 Å². The highest BCUT2D eigenvalue weighted by Gasteiger charge is 2.11. The molecule has 4 heteroatoms. The van der Waals surface area contributed by atoms with Crippen molar-refractivity contribution in [3.63, 3.8) is 0 Å². The fourth-order valence-corrected chi connectivity index (χ4v) is 2.28. The fraction of sp³-hybridized carbons (Fsp3) is 0.200. The van der Waals surface area contributed by atoms with Crippen LogP contribution in [0.3, 0.4) is 0 Å². The predicted molar refractivity (Wildman–Crippen MR) is 80.7 cm³/mol. The quantitative estimate of drug-likeness (QED) is 0.892. The first kappa shape index (κ1) is 14.0. The maximum Gasteiger partial charge on any atom is 0.126 e. The lowest BCUT2D eigenvalue weighted by Gasteiger charge is -2.19. The Morgan fingerprint density at radius 1 is 1.26 bits per heavy atom. The Morgan fingerprint density at radius 3 is 2.68 bits per heavy atom. The fourth-order valence-electron chi connectivity index (χ4n) is 1.88. The van der Waals surface area contributed by atoms with Crippen LogP contribution in [0.15, 0.2) is 46.9 Å². The summed E-state index contributed by atoms with van der Waals surface area (Å²) in [6, 6.07) is 12.9.